The molecule has 164 valence electrons. The van der Waals surface area contributed by atoms with Gasteiger partial charge in [0.15, 0.2) is 0 Å². The van der Waals surface area contributed by atoms with Gasteiger partial charge in [-0.15, -0.1) is 0 Å². The molecule has 26 heavy (non-hydrogen) atoms. The Morgan fingerprint density at radius 3 is 1.08 bits per heavy atom. The van der Waals surface area contributed by atoms with Gasteiger partial charge in [-0.1, -0.05) is 39.4 Å². The third-order valence-corrected chi connectivity index (χ3v) is 1.86. The number of nitrogens with zero attached hydrogens (tertiary/aromatic N) is 4. The first-order chi connectivity index (χ1) is 10.6. The normalized spacial score (nSPS) is 12.7. The van der Waals surface area contributed by atoms with Gasteiger partial charge in [-0.05, 0) is 25.9 Å². The standard InChI is InChI=1S/2C7H12F3N2.2Cu/c2*1-5(2)12-6(3)11-4-7(8,9)10;;/h2*5H,4H2,1-3H3;;/q2*-1;2*+1. The summed E-state index contributed by atoms with van der Waals surface area (Å²) in [6, 6.07) is -0.0241. The first-order valence-electron chi connectivity index (χ1n) is 7.19. The van der Waals surface area contributed by atoms with Crippen LogP contribution >= 0.6 is 0 Å². The number of amidine groups is 2. The summed E-state index contributed by atoms with van der Waals surface area (Å²) in [5.74, 6) is 0.393. The molecule has 12 heteroatoms. The molecule has 0 spiro atoms. The van der Waals surface area contributed by atoms with E-state index in [9.17, 15) is 26.3 Å². The van der Waals surface area contributed by atoms with Crippen molar-refractivity contribution in [2.75, 3.05) is 13.1 Å². The van der Waals surface area contributed by atoms with E-state index in [1.807, 2.05) is 0 Å². The van der Waals surface area contributed by atoms with Crippen molar-refractivity contribution >= 4 is 11.7 Å². The second-order valence-corrected chi connectivity index (χ2v) is 5.40. The van der Waals surface area contributed by atoms with Gasteiger partial charge in [0.25, 0.3) is 0 Å². The topological polar surface area (TPSA) is 52.9 Å². The zero-order chi connectivity index (χ0) is 19.6. The van der Waals surface area contributed by atoms with Crippen LogP contribution in [0.4, 0.5) is 26.3 Å². The number of alkyl halides is 6. The molecule has 0 aromatic carbocycles. The minimum atomic E-state index is -4.23. The first kappa shape index (κ1) is 33.2. The molecule has 4 nitrogen and oxygen atoms in total. The van der Waals surface area contributed by atoms with Gasteiger partial charge < -0.3 is 20.6 Å². The van der Waals surface area contributed by atoms with Crippen LogP contribution in [0.2, 0.25) is 0 Å². The molecule has 0 saturated heterocycles. The molecule has 0 aromatic heterocycles. The SMILES string of the molecule is CC(=NC(C)C)[N-]CC(F)(F)F.CC(=NC(C)C)[N-]CC(F)(F)F.[Cu+].[Cu+]. The number of aliphatic imine (C=N–C) groups is 2. The molecule has 0 aliphatic rings. The van der Waals surface area contributed by atoms with E-state index in [0.29, 0.717) is 0 Å². The maximum Gasteiger partial charge on any atom is 1.00 e. The van der Waals surface area contributed by atoms with Crippen molar-refractivity contribution in [3.63, 3.8) is 0 Å². The van der Waals surface area contributed by atoms with Crippen molar-refractivity contribution in [3.8, 4) is 0 Å². The number of halogens is 6. The van der Waals surface area contributed by atoms with Gasteiger partial charge in [0, 0.05) is 13.1 Å². The third kappa shape index (κ3) is 31.3. The van der Waals surface area contributed by atoms with E-state index in [1.54, 1.807) is 27.7 Å². The van der Waals surface area contributed by atoms with Gasteiger partial charge >= 0.3 is 46.5 Å². The molecule has 0 aromatic rings. The Kier molecular flexibility index (Phi) is 19.9. The fourth-order valence-electron chi connectivity index (χ4n) is 1.24. The van der Waals surface area contributed by atoms with E-state index < -0.39 is 25.4 Å². The summed E-state index contributed by atoms with van der Waals surface area (Å²) in [6.07, 6.45) is -8.46. The molecular formula is C14H24Cu2F6N4. The number of hydrogen-bond acceptors (Lipinski definition) is 2. The quantitative estimate of drug-likeness (QED) is 0.217. The third-order valence-electron chi connectivity index (χ3n) is 1.86. The summed E-state index contributed by atoms with van der Waals surface area (Å²) in [7, 11) is 0. The van der Waals surface area contributed by atoms with Crippen molar-refractivity contribution in [2.24, 2.45) is 9.98 Å². The fraction of sp³-hybridized carbons (Fsp3) is 0.857. The summed E-state index contributed by atoms with van der Waals surface area (Å²) >= 11 is 0. The second-order valence-electron chi connectivity index (χ2n) is 5.40. The van der Waals surface area contributed by atoms with Gasteiger partial charge in [-0.25, -0.2) is 0 Å². The van der Waals surface area contributed by atoms with E-state index >= 15 is 0 Å². The molecule has 0 aliphatic carbocycles. The van der Waals surface area contributed by atoms with Crippen LogP contribution in [0.5, 0.6) is 0 Å². The second kappa shape index (κ2) is 15.6. The van der Waals surface area contributed by atoms with Crippen LogP contribution in [-0.4, -0.2) is 49.2 Å². The fourth-order valence-corrected chi connectivity index (χ4v) is 1.24. The Hall–Kier alpha value is -0.441. The zero-order valence-electron chi connectivity index (χ0n) is 15.2. The largest absolute Gasteiger partial charge is 1.00 e. The van der Waals surface area contributed by atoms with Gasteiger partial charge in [-0.2, -0.15) is 26.3 Å². The molecule has 0 fully saturated rings. The van der Waals surface area contributed by atoms with Crippen LogP contribution in [0.15, 0.2) is 9.98 Å². The molecule has 0 aliphatic heterocycles. The first-order valence-corrected chi connectivity index (χ1v) is 7.19. The monoisotopic (exact) mass is 488 g/mol. The summed E-state index contributed by atoms with van der Waals surface area (Å²) in [4.78, 5) is 7.66. The summed E-state index contributed by atoms with van der Waals surface area (Å²) in [6.45, 7) is 7.78. The summed E-state index contributed by atoms with van der Waals surface area (Å²) in [5, 5.41) is 6.52. The van der Waals surface area contributed by atoms with Crippen LogP contribution in [0, 0.1) is 0 Å². The van der Waals surface area contributed by atoms with Crippen LogP contribution < -0.4 is 0 Å². The van der Waals surface area contributed by atoms with Crippen LogP contribution in [0.25, 0.3) is 10.6 Å². The predicted octanol–water partition coefficient (Wildman–Crippen LogP) is 5.49. The van der Waals surface area contributed by atoms with E-state index in [-0.39, 0.29) is 57.9 Å². The van der Waals surface area contributed by atoms with Crippen molar-refractivity contribution in [3.05, 3.63) is 10.6 Å². The van der Waals surface area contributed by atoms with Crippen molar-refractivity contribution in [1.29, 1.82) is 0 Å². The molecule has 0 rings (SSSR count). The number of hydrogen-bond donors (Lipinski definition) is 0. The van der Waals surface area contributed by atoms with E-state index in [0.717, 1.165) is 0 Å². The molecule has 0 heterocycles. The van der Waals surface area contributed by atoms with Gasteiger partial charge in [0.2, 0.25) is 0 Å². The Balaban J connectivity index is -0.000000173. The molecule has 0 unspecified atom stereocenters. The van der Waals surface area contributed by atoms with Crippen LogP contribution in [-0.2, 0) is 34.1 Å². The minimum Gasteiger partial charge on any atom is -0.467 e. The van der Waals surface area contributed by atoms with Crippen LogP contribution in [0.1, 0.15) is 41.5 Å². The van der Waals surface area contributed by atoms with Crippen LogP contribution in [0.3, 0.4) is 0 Å². The van der Waals surface area contributed by atoms with Gasteiger partial charge in [0.05, 0.1) is 0 Å². The smallest absolute Gasteiger partial charge is 0.467 e. The maximum absolute atomic E-state index is 11.6. The van der Waals surface area contributed by atoms with Gasteiger partial charge in [-0.3, -0.25) is 0 Å². The Morgan fingerprint density at radius 1 is 0.692 bits per heavy atom. The molecule has 0 bridgehead atoms. The van der Waals surface area contributed by atoms with Crippen molar-refractivity contribution in [1.82, 2.24) is 0 Å². The molecule has 0 atom stereocenters. The maximum atomic E-state index is 11.6. The number of rotatable bonds is 4. The van der Waals surface area contributed by atoms with E-state index in [4.69, 9.17) is 0 Å². The predicted molar refractivity (Wildman–Crippen MR) is 85.1 cm³/mol. The summed E-state index contributed by atoms with van der Waals surface area (Å²) in [5.41, 5.74) is 0. The Bertz CT molecular complexity index is 369. The molecule has 0 amide bonds. The van der Waals surface area contributed by atoms with E-state index in [1.165, 1.54) is 13.8 Å². The molecule has 0 saturated carbocycles. The van der Waals surface area contributed by atoms with E-state index in [2.05, 4.69) is 20.6 Å². The Labute approximate surface area is 172 Å². The van der Waals surface area contributed by atoms with Crippen molar-refractivity contribution < 1.29 is 60.5 Å². The summed E-state index contributed by atoms with van der Waals surface area (Å²) < 4.78 is 69.6. The molecule has 0 N–H and O–H groups in total. The molecular weight excluding hydrogens is 465 g/mol. The average molecular weight is 489 g/mol. The molecule has 0 radical (unpaired) electrons. The zero-order valence-corrected chi connectivity index (χ0v) is 17.1. The minimum absolute atomic E-state index is 0. The van der Waals surface area contributed by atoms with Crippen molar-refractivity contribution in [2.45, 2.75) is 66.0 Å². The van der Waals surface area contributed by atoms with Gasteiger partial charge in [0.1, 0.15) is 0 Å². The average Bonchev–Trinajstić information content (AvgIpc) is 2.31. The Morgan fingerprint density at radius 2 is 0.923 bits per heavy atom.